The third kappa shape index (κ3) is 9.70. The Kier molecular flexibility index (Phi) is 9.10. The van der Waals surface area contributed by atoms with Crippen LogP contribution in [0.1, 0.15) is 52.5 Å². The van der Waals surface area contributed by atoms with E-state index in [2.05, 4.69) is 18.6 Å². The molecule has 0 aliphatic rings. The molecular weight excluding hydrogens is 265 g/mol. The Balaban J connectivity index is 0.00000172. The summed E-state index contributed by atoms with van der Waals surface area (Å²) in [5.74, 6) is 0.536. The molecule has 0 aliphatic heterocycles. The van der Waals surface area contributed by atoms with Gasteiger partial charge in [-0.3, -0.25) is 0 Å². The van der Waals surface area contributed by atoms with Crippen LogP contribution in [0.25, 0.3) is 0 Å². The predicted octanol–water partition coefficient (Wildman–Crippen LogP) is 5.98. The molecule has 0 saturated carbocycles. The zero-order valence-corrected chi connectivity index (χ0v) is 12.8. The third-order valence-corrected chi connectivity index (χ3v) is 2.63. The zero-order chi connectivity index (χ0) is 15.6. The molecule has 116 valence electrons. The number of ether oxygens (including phenoxy) is 1. The van der Waals surface area contributed by atoms with Gasteiger partial charge in [-0.05, 0) is 36.5 Å². The van der Waals surface area contributed by atoms with Crippen molar-refractivity contribution in [2.75, 3.05) is 0 Å². The molecule has 1 nitrogen and oxygen atoms in total. The van der Waals surface area contributed by atoms with Crippen molar-refractivity contribution < 1.29 is 17.9 Å². The van der Waals surface area contributed by atoms with Crippen molar-refractivity contribution in [1.29, 1.82) is 0 Å². The Bertz CT molecular complexity index is 359. The molecule has 20 heavy (non-hydrogen) atoms. The van der Waals surface area contributed by atoms with Crippen molar-refractivity contribution >= 4 is 0 Å². The van der Waals surface area contributed by atoms with E-state index in [4.69, 9.17) is 0 Å². The molecule has 0 heterocycles. The van der Waals surface area contributed by atoms with Crippen molar-refractivity contribution in [3.8, 4) is 5.75 Å². The third-order valence-electron chi connectivity index (χ3n) is 2.63. The van der Waals surface area contributed by atoms with Gasteiger partial charge in [-0.25, -0.2) is 0 Å². The van der Waals surface area contributed by atoms with Crippen LogP contribution < -0.4 is 4.74 Å². The molecule has 0 amide bonds. The summed E-state index contributed by atoms with van der Waals surface area (Å²) in [4.78, 5) is 0. The summed E-state index contributed by atoms with van der Waals surface area (Å²) in [5.41, 5.74) is 0.889. The molecule has 0 aliphatic carbocycles. The van der Waals surface area contributed by atoms with Crippen LogP contribution in [0.4, 0.5) is 13.2 Å². The molecule has 0 saturated heterocycles. The number of aryl methyl sites for hydroxylation is 1. The van der Waals surface area contributed by atoms with Crippen LogP contribution in [0.3, 0.4) is 0 Å². The quantitative estimate of drug-likeness (QED) is 0.585. The number of halogens is 3. The molecular formula is C16H25F3O. The molecule has 0 N–H and O–H groups in total. The summed E-state index contributed by atoms with van der Waals surface area (Å²) in [5, 5.41) is 0. The first-order chi connectivity index (χ1) is 9.37. The van der Waals surface area contributed by atoms with E-state index in [1.807, 2.05) is 19.9 Å². The summed E-state index contributed by atoms with van der Waals surface area (Å²) in [6, 6.07) is 6.21. The van der Waals surface area contributed by atoms with Gasteiger partial charge in [0.15, 0.2) is 0 Å². The molecule has 1 rings (SSSR count). The van der Waals surface area contributed by atoms with Gasteiger partial charge in [0.2, 0.25) is 0 Å². The number of alkyl halides is 3. The summed E-state index contributed by atoms with van der Waals surface area (Å²) >= 11 is 0. The van der Waals surface area contributed by atoms with E-state index in [-0.39, 0.29) is 5.75 Å². The first kappa shape index (κ1) is 18.8. The minimum atomic E-state index is -4.61. The van der Waals surface area contributed by atoms with Crippen molar-refractivity contribution in [1.82, 2.24) is 0 Å². The zero-order valence-electron chi connectivity index (χ0n) is 12.8. The van der Waals surface area contributed by atoms with Gasteiger partial charge in [-0.15, -0.1) is 13.2 Å². The summed E-state index contributed by atoms with van der Waals surface area (Å²) in [6.45, 7) is 8.33. The van der Waals surface area contributed by atoms with E-state index in [1.165, 1.54) is 12.1 Å². The fraction of sp³-hybridized carbons (Fsp3) is 0.625. The van der Waals surface area contributed by atoms with Gasteiger partial charge in [0.05, 0.1) is 0 Å². The van der Waals surface area contributed by atoms with E-state index < -0.39 is 6.36 Å². The van der Waals surface area contributed by atoms with E-state index in [0.29, 0.717) is 5.92 Å². The SMILES string of the molecule is CC.CC(C)CCCCc1cccc(OC(F)(F)F)c1. The molecule has 1 aromatic carbocycles. The normalized spacial score (nSPS) is 11.0. The topological polar surface area (TPSA) is 9.23 Å². The molecule has 1 aromatic rings. The Morgan fingerprint density at radius 3 is 2.30 bits per heavy atom. The van der Waals surface area contributed by atoms with Gasteiger partial charge < -0.3 is 4.74 Å². The molecule has 4 heteroatoms. The van der Waals surface area contributed by atoms with Crippen molar-refractivity contribution in [3.63, 3.8) is 0 Å². The van der Waals surface area contributed by atoms with Crippen LogP contribution in [0.5, 0.6) is 5.75 Å². The van der Waals surface area contributed by atoms with Crippen LogP contribution >= 0.6 is 0 Å². The molecule has 0 radical (unpaired) electrons. The van der Waals surface area contributed by atoms with Crippen LogP contribution in [0.2, 0.25) is 0 Å². The number of unbranched alkanes of at least 4 members (excludes halogenated alkanes) is 1. The van der Waals surface area contributed by atoms with Crippen LogP contribution in [-0.4, -0.2) is 6.36 Å². The Morgan fingerprint density at radius 1 is 1.10 bits per heavy atom. The number of hydrogen-bond acceptors (Lipinski definition) is 1. The molecule has 0 aromatic heterocycles. The van der Waals surface area contributed by atoms with Crippen LogP contribution in [0, 0.1) is 5.92 Å². The minimum Gasteiger partial charge on any atom is -0.406 e. The highest BCUT2D eigenvalue weighted by atomic mass is 19.4. The van der Waals surface area contributed by atoms with Gasteiger partial charge in [0, 0.05) is 0 Å². The number of hydrogen-bond donors (Lipinski definition) is 0. The van der Waals surface area contributed by atoms with E-state index >= 15 is 0 Å². The van der Waals surface area contributed by atoms with Crippen molar-refractivity contribution in [2.24, 2.45) is 5.92 Å². The minimum absolute atomic E-state index is 0.135. The highest BCUT2D eigenvalue weighted by Gasteiger charge is 2.31. The van der Waals surface area contributed by atoms with Gasteiger partial charge in [-0.1, -0.05) is 52.7 Å². The molecule has 0 atom stereocenters. The second-order valence-corrected chi connectivity index (χ2v) is 4.83. The monoisotopic (exact) mass is 290 g/mol. The first-order valence-electron chi connectivity index (χ1n) is 7.21. The second-order valence-electron chi connectivity index (χ2n) is 4.83. The first-order valence-corrected chi connectivity index (χ1v) is 7.21. The van der Waals surface area contributed by atoms with Gasteiger partial charge in [0.1, 0.15) is 5.75 Å². The smallest absolute Gasteiger partial charge is 0.406 e. The highest BCUT2D eigenvalue weighted by molar-refractivity contribution is 5.28. The summed E-state index contributed by atoms with van der Waals surface area (Å²) in [6.07, 6.45) is -0.577. The standard InChI is InChI=1S/C14H19F3O.C2H6/c1-11(2)6-3-4-7-12-8-5-9-13(10-12)18-14(15,16)17;1-2/h5,8-11H,3-4,6-7H2,1-2H3;1-2H3. The van der Waals surface area contributed by atoms with Crippen molar-refractivity contribution in [2.45, 2.75) is 59.7 Å². The second kappa shape index (κ2) is 9.67. The lowest BCUT2D eigenvalue weighted by Crippen LogP contribution is -2.17. The Morgan fingerprint density at radius 2 is 1.75 bits per heavy atom. The van der Waals surface area contributed by atoms with Crippen molar-refractivity contribution in [3.05, 3.63) is 29.8 Å². The summed E-state index contributed by atoms with van der Waals surface area (Å²) in [7, 11) is 0. The predicted molar refractivity (Wildman–Crippen MR) is 76.9 cm³/mol. The van der Waals surface area contributed by atoms with Gasteiger partial charge >= 0.3 is 6.36 Å². The Hall–Kier alpha value is -1.19. The van der Waals surface area contributed by atoms with E-state index in [9.17, 15) is 13.2 Å². The molecule has 0 unspecified atom stereocenters. The largest absolute Gasteiger partial charge is 0.573 e. The van der Waals surface area contributed by atoms with Crippen LogP contribution in [-0.2, 0) is 6.42 Å². The average Bonchev–Trinajstić information content (AvgIpc) is 2.35. The average molecular weight is 290 g/mol. The lowest BCUT2D eigenvalue weighted by Gasteiger charge is -2.10. The lowest BCUT2D eigenvalue weighted by atomic mass is 10.0. The maximum Gasteiger partial charge on any atom is 0.573 e. The molecule has 0 fully saturated rings. The number of rotatable bonds is 6. The summed E-state index contributed by atoms with van der Waals surface area (Å²) < 4.78 is 40.0. The maximum absolute atomic E-state index is 12.0. The fourth-order valence-corrected chi connectivity index (χ4v) is 1.78. The lowest BCUT2D eigenvalue weighted by molar-refractivity contribution is -0.274. The Labute approximate surface area is 120 Å². The van der Waals surface area contributed by atoms with E-state index in [0.717, 1.165) is 31.2 Å². The van der Waals surface area contributed by atoms with E-state index in [1.54, 1.807) is 6.07 Å². The highest BCUT2D eigenvalue weighted by Crippen LogP contribution is 2.24. The maximum atomic E-state index is 12.0. The number of benzene rings is 1. The molecule has 0 bridgehead atoms. The van der Waals surface area contributed by atoms with Crippen LogP contribution in [0.15, 0.2) is 24.3 Å². The molecule has 0 spiro atoms. The van der Waals surface area contributed by atoms with Gasteiger partial charge in [-0.2, -0.15) is 0 Å². The fourth-order valence-electron chi connectivity index (χ4n) is 1.78. The van der Waals surface area contributed by atoms with Gasteiger partial charge in [0.25, 0.3) is 0 Å².